The molecule has 1 atom stereocenters. The molecule has 0 bridgehead atoms. The molecule has 0 aliphatic carbocycles. The average Bonchev–Trinajstić information content (AvgIpc) is 2.49. The third kappa shape index (κ3) is 2.59. The minimum Gasteiger partial charge on any atom is -0.443 e. The second-order valence-electron chi connectivity index (χ2n) is 5.56. The van der Waals surface area contributed by atoms with Crippen molar-refractivity contribution in [3.63, 3.8) is 0 Å². The van der Waals surface area contributed by atoms with Crippen LogP contribution in [-0.2, 0) is 4.74 Å². The van der Waals surface area contributed by atoms with Gasteiger partial charge in [0.25, 0.3) is 5.91 Å². The molecule has 0 fully saturated rings. The zero-order valence-corrected chi connectivity index (χ0v) is 12.1. The van der Waals surface area contributed by atoms with Crippen molar-refractivity contribution < 1.29 is 14.3 Å². The Morgan fingerprint density at radius 3 is 2.58 bits per heavy atom. The highest BCUT2D eigenvalue weighted by Gasteiger charge is 2.40. The molecule has 0 saturated carbocycles. The molecule has 5 heteroatoms. The fourth-order valence-electron chi connectivity index (χ4n) is 2.07. The van der Waals surface area contributed by atoms with E-state index >= 15 is 0 Å². The average molecular weight is 282 g/mol. The number of carbonyl (C=O) groups excluding carboxylic acids is 2. The fourth-order valence-corrected chi connectivity index (χ4v) is 2.25. The van der Waals surface area contributed by atoms with Gasteiger partial charge in [-0.15, -0.1) is 0 Å². The van der Waals surface area contributed by atoms with E-state index in [1.54, 1.807) is 45.9 Å². The molecule has 2 amide bonds. The molecule has 4 nitrogen and oxygen atoms in total. The summed E-state index contributed by atoms with van der Waals surface area (Å²) < 4.78 is 5.26. The summed E-state index contributed by atoms with van der Waals surface area (Å²) in [7, 11) is 0. The SMILES string of the molecule is C[C@@H]1c2ccc(Cl)cc2C(=O)N1C(=O)OC(C)(C)C. The van der Waals surface area contributed by atoms with Crippen LogP contribution in [0.15, 0.2) is 18.2 Å². The summed E-state index contributed by atoms with van der Waals surface area (Å²) in [6.45, 7) is 7.09. The van der Waals surface area contributed by atoms with Crippen molar-refractivity contribution in [2.24, 2.45) is 0 Å². The number of fused-ring (bicyclic) bond motifs is 1. The first kappa shape index (κ1) is 13.9. The zero-order chi connectivity index (χ0) is 14.4. The largest absolute Gasteiger partial charge is 0.443 e. The van der Waals surface area contributed by atoms with E-state index < -0.39 is 11.7 Å². The minimum absolute atomic E-state index is 0.338. The quantitative estimate of drug-likeness (QED) is 0.727. The molecule has 0 saturated heterocycles. The number of carbonyl (C=O) groups is 2. The summed E-state index contributed by atoms with van der Waals surface area (Å²) in [5.74, 6) is -0.362. The highest BCUT2D eigenvalue weighted by molar-refractivity contribution is 6.31. The van der Waals surface area contributed by atoms with Gasteiger partial charge in [-0.3, -0.25) is 4.79 Å². The molecule has 19 heavy (non-hydrogen) atoms. The maximum Gasteiger partial charge on any atom is 0.417 e. The third-order valence-corrected chi connectivity index (χ3v) is 3.13. The van der Waals surface area contributed by atoms with Crippen molar-refractivity contribution >= 4 is 23.6 Å². The number of imide groups is 1. The summed E-state index contributed by atoms with van der Waals surface area (Å²) in [6.07, 6.45) is -0.627. The summed E-state index contributed by atoms with van der Waals surface area (Å²) in [4.78, 5) is 25.5. The highest BCUT2D eigenvalue weighted by Crippen LogP contribution is 2.35. The standard InChI is InChI=1S/C14H16ClNO3/c1-8-10-6-5-9(15)7-11(10)12(17)16(8)13(18)19-14(2,3)4/h5-8H,1-4H3/t8-/m1/s1. The van der Waals surface area contributed by atoms with Crippen molar-refractivity contribution in [1.82, 2.24) is 4.90 Å². The normalized spacial score (nSPS) is 18.5. The molecule has 1 heterocycles. The Hall–Kier alpha value is -1.55. The summed E-state index contributed by atoms with van der Waals surface area (Å²) in [5.41, 5.74) is 0.620. The monoisotopic (exact) mass is 281 g/mol. The van der Waals surface area contributed by atoms with Gasteiger partial charge in [-0.05, 0) is 45.4 Å². The van der Waals surface area contributed by atoms with Crippen LogP contribution in [0.25, 0.3) is 0 Å². The van der Waals surface area contributed by atoms with Crippen LogP contribution in [0.5, 0.6) is 0 Å². The smallest absolute Gasteiger partial charge is 0.417 e. The van der Waals surface area contributed by atoms with Crippen molar-refractivity contribution in [3.05, 3.63) is 34.3 Å². The number of ether oxygens (including phenoxy) is 1. The second-order valence-corrected chi connectivity index (χ2v) is 6.00. The lowest BCUT2D eigenvalue weighted by atomic mass is 10.1. The van der Waals surface area contributed by atoms with Crippen LogP contribution in [0.2, 0.25) is 5.02 Å². The molecule has 0 aromatic heterocycles. The van der Waals surface area contributed by atoms with Crippen LogP contribution in [0, 0.1) is 0 Å². The van der Waals surface area contributed by atoms with E-state index in [1.807, 2.05) is 0 Å². The van der Waals surface area contributed by atoms with Crippen molar-refractivity contribution in [2.75, 3.05) is 0 Å². The Labute approximate surface area is 117 Å². The minimum atomic E-state index is -0.635. The molecule has 2 rings (SSSR count). The molecule has 102 valence electrons. The number of rotatable bonds is 0. The summed E-state index contributed by atoms with van der Waals surface area (Å²) >= 11 is 5.88. The van der Waals surface area contributed by atoms with E-state index in [-0.39, 0.29) is 11.9 Å². The lowest BCUT2D eigenvalue weighted by Gasteiger charge is -2.25. The lowest BCUT2D eigenvalue weighted by molar-refractivity contribution is 0.0203. The molecule has 0 unspecified atom stereocenters. The van der Waals surface area contributed by atoms with Crippen molar-refractivity contribution in [1.29, 1.82) is 0 Å². The first-order chi connectivity index (χ1) is 8.70. The van der Waals surface area contributed by atoms with Crippen molar-refractivity contribution in [2.45, 2.75) is 39.3 Å². The molecular weight excluding hydrogens is 266 g/mol. The van der Waals surface area contributed by atoms with Crippen LogP contribution in [0.3, 0.4) is 0 Å². The number of halogens is 1. The number of benzene rings is 1. The van der Waals surface area contributed by atoms with Crippen LogP contribution >= 0.6 is 11.6 Å². The number of hydrogen-bond acceptors (Lipinski definition) is 3. The Morgan fingerprint density at radius 2 is 2.00 bits per heavy atom. The van der Waals surface area contributed by atoms with Gasteiger partial charge in [0, 0.05) is 10.6 Å². The Bertz CT molecular complexity index is 548. The third-order valence-electron chi connectivity index (χ3n) is 2.89. The second kappa shape index (κ2) is 4.53. The molecule has 1 aliphatic rings. The van der Waals surface area contributed by atoms with Crippen LogP contribution in [-0.4, -0.2) is 22.5 Å². The molecular formula is C14H16ClNO3. The molecule has 1 aromatic carbocycles. The topological polar surface area (TPSA) is 46.6 Å². The first-order valence-corrected chi connectivity index (χ1v) is 6.44. The van der Waals surface area contributed by atoms with E-state index in [2.05, 4.69) is 0 Å². The van der Waals surface area contributed by atoms with Crippen LogP contribution in [0.4, 0.5) is 4.79 Å². The molecule has 0 N–H and O–H groups in total. The van der Waals surface area contributed by atoms with E-state index in [1.165, 1.54) is 0 Å². The van der Waals surface area contributed by atoms with Crippen LogP contribution < -0.4 is 0 Å². The molecule has 1 aliphatic heterocycles. The van der Waals surface area contributed by atoms with Gasteiger partial charge >= 0.3 is 6.09 Å². The Kier molecular flexibility index (Phi) is 3.31. The lowest BCUT2D eigenvalue weighted by Crippen LogP contribution is -2.38. The first-order valence-electron chi connectivity index (χ1n) is 6.06. The number of hydrogen-bond donors (Lipinski definition) is 0. The van der Waals surface area contributed by atoms with Gasteiger partial charge in [-0.2, -0.15) is 0 Å². The van der Waals surface area contributed by atoms with Gasteiger partial charge < -0.3 is 4.74 Å². The maximum absolute atomic E-state index is 12.3. The highest BCUT2D eigenvalue weighted by atomic mass is 35.5. The predicted octanol–water partition coefficient (Wildman–Crippen LogP) is 3.79. The van der Waals surface area contributed by atoms with Gasteiger partial charge in [0.1, 0.15) is 5.60 Å². The van der Waals surface area contributed by atoms with E-state index in [9.17, 15) is 9.59 Å². The summed E-state index contributed by atoms with van der Waals surface area (Å²) in [6, 6.07) is 4.72. The Balaban J connectivity index is 2.32. The molecule has 0 radical (unpaired) electrons. The van der Waals surface area contributed by atoms with Crippen LogP contribution in [0.1, 0.15) is 49.7 Å². The number of nitrogens with zero attached hydrogens (tertiary/aromatic N) is 1. The number of amides is 2. The fraction of sp³-hybridized carbons (Fsp3) is 0.429. The van der Waals surface area contributed by atoms with E-state index in [4.69, 9.17) is 16.3 Å². The van der Waals surface area contributed by atoms with Gasteiger partial charge in [-0.25, -0.2) is 9.69 Å². The Morgan fingerprint density at radius 1 is 1.37 bits per heavy atom. The predicted molar refractivity (Wildman–Crippen MR) is 72.3 cm³/mol. The molecule has 0 spiro atoms. The zero-order valence-electron chi connectivity index (χ0n) is 11.4. The van der Waals surface area contributed by atoms with Crippen molar-refractivity contribution in [3.8, 4) is 0 Å². The van der Waals surface area contributed by atoms with Gasteiger partial charge in [0.15, 0.2) is 0 Å². The molecule has 1 aromatic rings. The van der Waals surface area contributed by atoms with Gasteiger partial charge in [0.05, 0.1) is 6.04 Å². The van der Waals surface area contributed by atoms with Gasteiger partial charge in [0.2, 0.25) is 0 Å². The maximum atomic E-state index is 12.3. The van der Waals surface area contributed by atoms with E-state index in [0.29, 0.717) is 10.6 Å². The van der Waals surface area contributed by atoms with E-state index in [0.717, 1.165) is 10.5 Å². The van der Waals surface area contributed by atoms with Gasteiger partial charge in [-0.1, -0.05) is 17.7 Å². The summed E-state index contributed by atoms with van der Waals surface area (Å²) in [5, 5.41) is 0.477.